The van der Waals surface area contributed by atoms with E-state index in [-0.39, 0.29) is 0 Å². The van der Waals surface area contributed by atoms with Crippen LogP contribution < -0.4 is 0 Å². The quantitative estimate of drug-likeness (QED) is 0.793. The lowest BCUT2D eigenvalue weighted by Gasteiger charge is -2.21. The second-order valence-corrected chi connectivity index (χ2v) is 4.88. The van der Waals surface area contributed by atoms with Gasteiger partial charge in [-0.25, -0.2) is 0 Å². The van der Waals surface area contributed by atoms with E-state index in [4.69, 9.17) is 5.26 Å². The lowest BCUT2D eigenvalue weighted by molar-refractivity contribution is 0.333. The van der Waals surface area contributed by atoms with E-state index in [0.717, 1.165) is 13.1 Å². The lowest BCUT2D eigenvalue weighted by atomic mass is 9.94. The summed E-state index contributed by atoms with van der Waals surface area (Å²) in [7, 11) is 2.08. The first-order valence-corrected chi connectivity index (χ1v) is 6.09. The Kier molecular flexibility index (Phi) is 4.72. The minimum Gasteiger partial charge on any atom is -0.301 e. The van der Waals surface area contributed by atoms with E-state index < -0.39 is 0 Å². The minimum absolute atomic E-state index is 0.597. The zero-order valence-corrected chi connectivity index (χ0v) is 11.6. The molecule has 0 N–H and O–H groups in total. The van der Waals surface area contributed by atoms with E-state index >= 15 is 0 Å². The van der Waals surface area contributed by atoms with Crippen LogP contribution in [0.2, 0.25) is 0 Å². The summed E-state index contributed by atoms with van der Waals surface area (Å²) < 4.78 is 0. The van der Waals surface area contributed by atoms with E-state index in [0.29, 0.717) is 6.42 Å². The molecule has 92 valence electrons. The van der Waals surface area contributed by atoms with Gasteiger partial charge < -0.3 is 4.90 Å². The molecule has 0 saturated carbocycles. The molecule has 0 unspecified atom stereocenters. The molecule has 0 aliphatic heterocycles. The van der Waals surface area contributed by atoms with Gasteiger partial charge in [0, 0.05) is 19.5 Å². The van der Waals surface area contributed by atoms with Crippen LogP contribution in [0.5, 0.6) is 0 Å². The first-order valence-electron chi connectivity index (χ1n) is 6.09. The first-order chi connectivity index (χ1) is 7.97. The van der Waals surface area contributed by atoms with Gasteiger partial charge in [-0.3, -0.25) is 0 Å². The van der Waals surface area contributed by atoms with E-state index in [1.807, 2.05) is 0 Å². The number of nitriles is 1. The Labute approximate surface area is 105 Å². The molecule has 0 bridgehead atoms. The number of hydrogen-bond donors (Lipinski definition) is 0. The van der Waals surface area contributed by atoms with Crippen LogP contribution in [0.15, 0.2) is 6.07 Å². The maximum atomic E-state index is 8.60. The second-order valence-electron chi connectivity index (χ2n) is 4.88. The van der Waals surface area contributed by atoms with Crippen LogP contribution >= 0.6 is 0 Å². The van der Waals surface area contributed by atoms with Crippen molar-refractivity contribution in [2.45, 2.75) is 40.7 Å². The zero-order valence-electron chi connectivity index (χ0n) is 11.6. The number of rotatable bonds is 4. The van der Waals surface area contributed by atoms with Crippen molar-refractivity contribution in [1.29, 1.82) is 5.26 Å². The summed E-state index contributed by atoms with van der Waals surface area (Å²) in [6.07, 6.45) is 0.597. The predicted octanol–water partition coefficient (Wildman–Crippen LogP) is 3.27. The van der Waals surface area contributed by atoms with Gasteiger partial charge in [0.25, 0.3) is 0 Å². The van der Waals surface area contributed by atoms with Gasteiger partial charge >= 0.3 is 0 Å². The Morgan fingerprint density at radius 2 is 1.65 bits per heavy atom. The van der Waals surface area contributed by atoms with Gasteiger partial charge in [0.15, 0.2) is 0 Å². The molecule has 0 aliphatic carbocycles. The average Bonchev–Trinajstić information content (AvgIpc) is 2.29. The van der Waals surface area contributed by atoms with Gasteiger partial charge in [-0.15, -0.1) is 0 Å². The van der Waals surface area contributed by atoms with Gasteiger partial charge in [0.05, 0.1) is 6.07 Å². The van der Waals surface area contributed by atoms with Crippen LogP contribution in [-0.4, -0.2) is 18.5 Å². The van der Waals surface area contributed by atoms with Crippen LogP contribution in [0.4, 0.5) is 0 Å². The third kappa shape index (κ3) is 3.31. The summed E-state index contributed by atoms with van der Waals surface area (Å²) in [5.41, 5.74) is 6.91. The molecule has 1 aromatic rings. The molecule has 2 heteroatoms. The standard InChI is InChI=1S/C15H22N2/c1-11-9-12(2)14(4)15(13(11)3)10-17(5)8-6-7-16/h9H,6,8,10H2,1-5H3. The van der Waals surface area contributed by atoms with Crippen molar-refractivity contribution in [2.75, 3.05) is 13.6 Å². The summed E-state index contributed by atoms with van der Waals surface area (Å²) in [5, 5.41) is 8.60. The maximum absolute atomic E-state index is 8.60. The number of nitrogens with zero attached hydrogens (tertiary/aromatic N) is 2. The Balaban J connectivity index is 2.94. The summed E-state index contributed by atoms with van der Waals surface area (Å²) in [4.78, 5) is 2.22. The van der Waals surface area contributed by atoms with Crippen LogP contribution in [0.1, 0.15) is 34.2 Å². The lowest BCUT2D eigenvalue weighted by Crippen LogP contribution is -2.20. The zero-order chi connectivity index (χ0) is 13.0. The van der Waals surface area contributed by atoms with E-state index in [9.17, 15) is 0 Å². The van der Waals surface area contributed by atoms with Gasteiger partial charge in [0.1, 0.15) is 0 Å². The van der Waals surface area contributed by atoms with Crippen LogP contribution in [0.25, 0.3) is 0 Å². The molecular formula is C15H22N2. The van der Waals surface area contributed by atoms with Crippen LogP contribution in [-0.2, 0) is 6.54 Å². The summed E-state index contributed by atoms with van der Waals surface area (Å²) >= 11 is 0. The van der Waals surface area contributed by atoms with Gasteiger partial charge in [-0.1, -0.05) is 6.07 Å². The average molecular weight is 230 g/mol. The van der Waals surface area contributed by atoms with Crippen molar-refractivity contribution in [2.24, 2.45) is 0 Å². The molecule has 0 fully saturated rings. The molecule has 0 aromatic heterocycles. The Bertz CT molecular complexity index is 415. The molecule has 0 saturated heterocycles. The number of benzene rings is 1. The molecule has 0 radical (unpaired) electrons. The summed E-state index contributed by atoms with van der Waals surface area (Å²) in [6.45, 7) is 10.5. The maximum Gasteiger partial charge on any atom is 0.0635 e. The topological polar surface area (TPSA) is 27.0 Å². The SMILES string of the molecule is Cc1cc(C)c(C)c(CN(C)CCC#N)c1C. The molecule has 1 rings (SSSR count). The van der Waals surface area contributed by atoms with Crippen LogP contribution in [0.3, 0.4) is 0 Å². The second kappa shape index (κ2) is 5.84. The van der Waals surface area contributed by atoms with Crippen molar-refractivity contribution < 1.29 is 0 Å². The summed E-state index contributed by atoms with van der Waals surface area (Å²) in [5.74, 6) is 0. The van der Waals surface area contributed by atoms with Crippen molar-refractivity contribution in [3.63, 3.8) is 0 Å². The van der Waals surface area contributed by atoms with Gasteiger partial charge in [-0.2, -0.15) is 5.26 Å². The third-order valence-electron chi connectivity index (χ3n) is 3.55. The molecule has 0 amide bonds. The highest BCUT2D eigenvalue weighted by Gasteiger charge is 2.10. The fourth-order valence-corrected chi connectivity index (χ4v) is 2.13. The largest absolute Gasteiger partial charge is 0.301 e. The van der Waals surface area contributed by atoms with E-state index in [1.54, 1.807) is 0 Å². The monoisotopic (exact) mass is 230 g/mol. The Morgan fingerprint density at radius 1 is 1.12 bits per heavy atom. The van der Waals surface area contributed by atoms with Crippen molar-refractivity contribution >= 4 is 0 Å². The van der Waals surface area contributed by atoms with Gasteiger partial charge in [0.2, 0.25) is 0 Å². The molecule has 0 spiro atoms. The van der Waals surface area contributed by atoms with Crippen molar-refractivity contribution in [1.82, 2.24) is 4.90 Å². The predicted molar refractivity (Wildman–Crippen MR) is 72.0 cm³/mol. The number of aryl methyl sites for hydroxylation is 2. The third-order valence-corrected chi connectivity index (χ3v) is 3.55. The first kappa shape index (κ1) is 13.7. The van der Waals surface area contributed by atoms with E-state index in [1.165, 1.54) is 27.8 Å². The van der Waals surface area contributed by atoms with Gasteiger partial charge in [-0.05, 0) is 62.6 Å². The Morgan fingerprint density at radius 3 is 2.12 bits per heavy atom. The van der Waals surface area contributed by atoms with E-state index in [2.05, 4.69) is 51.8 Å². The Hall–Kier alpha value is -1.33. The normalized spacial score (nSPS) is 10.6. The smallest absolute Gasteiger partial charge is 0.0635 e. The fraction of sp³-hybridized carbons (Fsp3) is 0.533. The molecule has 0 atom stereocenters. The molecular weight excluding hydrogens is 208 g/mol. The van der Waals surface area contributed by atoms with Crippen LogP contribution in [0, 0.1) is 39.0 Å². The summed E-state index contributed by atoms with van der Waals surface area (Å²) in [6, 6.07) is 4.45. The molecule has 0 aliphatic rings. The fourth-order valence-electron chi connectivity index (χ4n) is 2.13. The highest BCUT2D eigenvalue weighted by atomic mass is 15.1. The number of hydrogen-bond acceptors (Lipinski definition) is 2. The highest BCUT2D eigenvalue weighted by molar-refractivity contribution is 5.43. The van der Waals surface area contributed by atoms with Crippen molar-refractivity contribution in [3.8, 4) is 6.07 Å². The molecule has 0 heterocycles. The highest BCUT2D eigenvalue weighted by Crippen LogP contribution is 2.22. The molecule has 2 nitrogen and oxygen atoms in total. The molecule has 1 aromatic carbocycles. The minimum atomic E-state index is 0.597. The van der Waals surface area contributed by atoms with Crippen molar-refractivity contribution in [3.05, 3.63) is 33.9 Å². The molecule has 17 heavy (non-hydrogen) atoms.